The standard InChI is InChI=1S/C17H21BrN2O/c1-3-20-15(11-13-5-4-6-14(18)16(13)20)17(21)19-9-7-12(2)8-10-19/h4-6,11-12H,3,7-10H2,1-2H3. The lowest BCUT2D eigenvalue weighted by Gasteiger charge is -2.30. The lowest BCUT2D eigenvalue weighted by Crippen LogP contribution is -2.38. The van der Waals surface area contributed by atoms with Gasteiger partial charge in [-0.2, -0.15) is 0 Å². The summed E-state index contributed by atoms with van der Waals surface area (Å²) in [7, 11) is 0. The molecule has 21 heavy (non-hydrogen) atoms. The third-order valence-corrected chi connectivity index (χ3v) is 5.12. The number of aryl methyl sites for hydroxylation is 1. The molecule has 0 radical (unpaired) electrons. The molecule has 1 amide bonds. The van der Waals surface area contributed by atoms with Crippen LogP contribution in [0.4, 0.5) is 0 Å². The van der Waals surface area contributed by atoms with Crippen LogP contribution in [0.2, 0.25) is 0 Å². The molecule has 0 spiro atoms. The van der Waals surface area contributed by atoms with Crippen molar-refractivity contribution in [2.45, 2.75) is 33.2 Å². The first kappa shape index (κ1) is 14.6. The Labute approximate surface area is 134 Å². The summed E-state index contributed by atoms with van der Waals surface area (Å²) in [6.45, 7) is 6.92. The molecule has 1 aliphatic heterocycles. The van der Waals surface area contributed by atoms with Crippen LogP contribution in [0, 0.1) is 5.92 Å². The molecule has 1 saturated heterocycles. The third kappa shape index (κ3) is 2.61. The van der Waals surface area contributed by atoms with E-state index in [1.54, 1.807) is 0 Å². The van der Waals surface area contributed by atoms with Crippen molar-refractivity contribution < 1.29 is 4.79 Å². The number of halogens is 1. The van der Waals surface area contributed by atoms with Gasteiger partial charge >= 0.3 is 0 Å². The molecule has 4 heteroatoms. The largest absolute Gasteiger partial charge is 0.337 e. The van der Waals surface area contributed by atoms with E-state index >= 15 is 0 Å². The van der Waals surface area contributed by atoms with E-state index in [2.05, 4.69) is 40.4 Å². The Kier molecular flexibility index (Phi) is 4.07. The molecule has 0 N–H and O–H groups in total. The van der Waals surface area contributed by atoms with Crippen molar-refractivity contribution in [3.8, 4) is 0 Å². The topological polar surface area (TPSA) is 25.2 Å². The van der Waals surface area contributed by atoms with Crippen LogP contribution in [0.25, 0.3) is 10.9 Å². The smallest absolute Gasteiger partial charge is 0.270 e. The Hall–Kier alpha value is -1.29. The van der Waals surface area contributed by atoms with Gasteiger partial charge in [0.25, 0.3) is 5.91 Å². The maximum absolute atomic E-state index is 12.9. The van der Waals surface area contributed by atoms with E-state index < -0.39 is 0 Å². The average molecular weight is 349 g/mol. The van der Waals surface area contributed by atoms with Crippen molar-refractivity contribution >= 4 is 32.7 Å². The number of para-hydroxylation sites is 1. The second kappa shape index (κ2) is 5.84. The summed E-state index contributed by atoms with van der Waals surface area (Å²) in [5.41, 5.74) is 1.93. The van der Waals surface area contributed by atoms with Gasteiger partial charge in [0.05, 0.1) is 5.52 Å². The molecule has 112 valence electrons. The van der Waals surface area contributed by atoms with E-state index in [4.69, 9.17) is 0 Å². The number of rotatable bonds is 2. The highest BCUT2D eigenvalue weighted by molar-refractivity contribution is 9.10. The van der Waals surface area contributed by atoms with Gasteiger partial charge in [0.1, 0.15) is 5.69 Å². The maximum atomic E-state index is 12.9. The zero-order valence-corrected chi connectivity index (χ0v) is 14.2. The minimum absolute atomic E-state index is 0.173. The van der Waals surface area contributed by atoms with Gasteiger partial charge in [-0.1, -0.05) is 19.1 Å². The Balaban J connectivity index is 2.00. The van der Waals surface area contributed by atoms with Crippen LogP contribution in [0.15, 0.2) is 28.7 Å². The van der Waals surface area contributed by atoms with Crippen LogP contribution in [0.3, 0.4) is 0 Å². The predicted molar refractivity (Wildman–Crippen MR) is 89.6 cm³/mol. The molecule has 1 aromatic heterocycles. The molecule has 0 atom stereocenters. The lowest BCUT2D eigenvalue weighted by atomic mass is 9.99. The highest BCUT2D eigenvalue weighted by atomic mass is 79.9. The zero-order valence-electron chi connectivity index (χ0n) is 12.6. The van der Waals surface area contributed by atoms with Gasteiger partial charge < -0.3 is 9.47 Å². The number of hydrogen-bond acceptors (Lipinski definition) is 1. The maximum Gasteiger partial charge on any atom is 0.270 e. The summed E-state index contributed by atoms with van der Waals surface area (Å²) in [4.78, 5) is 14.9. The summed E-state index contributed by atoms with van der Waals surface area (Å²) in [5.74, 6) is 0.909. The van der Waals surface area contributed by atoms with E-state index in [1.165, 1.54) is 0 Å². The molecule has 0 unspecified atom stereocenters. The fraction of sp³-hybridized carbons (Fsp3) is 0.471. The van der Waals surface area contributed by atoms with Gasteiger partial charge in [-0.05, 0) is 53.7 Å². The van der Waals surface area contributed by atoms with E-state index in [0.717, 1.165) is 59.5 Å². The fourth-order valence-electron chi connectivity index (χ4n) is 3.16. The van der Waals surface area contributed by atoms with E-state index in [9.17, 15) is 4.79 Å². The molecular formula is C17H21BrN2O. The van der Waals surface area contributed by atoms with Crippen LogP contribution >= 0.6 is 15.9 Å². The third-order valence-electron chi connectivity index (χ3n) is 4.48. The van der Waals surface area contributed by atoms with Crippen molar-refractivity contribution in [2.75, 3.05) is 13.1 Å². The first-order valence-corrected chi connectivity index (χ1v) is 8.48. The highest BCUT2D eigenvalue weighted by Crippen LogP contribution is 2.29. The summed E-state index contributed by atoms with van der Waals surface area (Å²) in [6.07, 6.45) is 2.23. The van der Waals surface area contributed by atoms with Crippen LogP contribution < -0.4 is 0 Å². The summed E-state index contributed by atoms with van der Waals surface area (Å²) in [5, 5.41) is 1.12. The van der Waals surface area contributed by atoms with Crippen molar-refractivity contribution in [2.24, 2.45) is 5.92 Å². The highest BCUT2D eigenvalue weighted by Gasteiger charge is 2.24. The average Bonchev–Trinajstić information content (AvgIpc) is 2.87. The molecule has 0 bridgehead atoms. The Morgan fingerprint density at radius 2 is 2.05 bits per heavy atom. The second-order valence-electron chi connectivity index (χ2n) is 5.93. The van der Waals surface area contributed by atoms with Crippen LogP contribution in [0.1, 0.15) is 37.2 Å². The minimum atomic E-state index is 0.173. The lowest BCUT2D eigenvalue weighted by molar-refractivity contribution is 0.0687. The quantitative estimate of drug-likeness (QED) is 0.794. The SMILES string of the molecule is CCn1c(C(=O)N2CCC(C)CC2)cc2cccc(Br)c21. The Morgan fingerprint density at radius 1 is 1.33 bits per heavy atom. The van der Waals surface area contributed by atoms with Gasteiger partial charge in [-0.15, -0.1) is 0 Å². The molecule has 2 heterocycles. The number of benzene rings is 1. The number of likely N-dealkylation sites (tertiary alicyclic amines) is 1. The fourth-order valence-corrected chi connectivity index (χ4v) is 3.75. The first-order chi connectivity index (χ1) is 10.1. The van der Waals surface area contributed by atoms with Crippen molar-refractivity contribution in [3.63, 3.8) is 0 Å². The normalized spacial score (nSPS) is 16.6. The number of nitrogens with zero attached hydrogens (tertiary/aromatic N) is 2. The predicted octanol–water partition coefficient (Wildman–Crippen LogP) is 4.30. The van der Waals surface area contributed by atoms with Crippen molar-refractivity contribution in [3.05, 3.63) is 34.4 Å². The number of carbonyl (C=O) groups excluding carboxylic acids is 1. The van der Waals surface area contributed by atoms with E-state index in [-0.39, 0.29) is 5.91 Å². The molecule has 0 saturated carbocycles. The molecule has 2 aromatic rings. The second-order valence-corrected chi connectivity index (χ2v) is 6.78. The Bertz CT molecular complexity index is 669. The van der Waals surface area contributed by atoms with Gasteiger partial charge in [0.2, 0.25) is 0 Å². The molecule has 3 rings (SSSR count). The number of fused-ring (bicyclic) bond motifs is 1. The number of aromatic nitrogens is 1. The zero-order chi connectivity index (χ0) is 15.0. The summed E-state index contributed by atoms with van der Waals surface area (Å²) in [6, 6.07) is 8.15. The number of carbonyl (C=O) groups is 1. The van der Waals surface area contributed by atoms with Crippen LogP contribution in [-0.2, 0) is 6.54 Å². The molecule has 1 aliphatic rings. The first-order valence-electron chi connectivity index (χ1n) is 7.68. The molecule has 3 nitrogen and oxygen atoms in total. The van der Waals surface area contributed by atoms with Gasteiger partial charge in [0, 0.05) is 29.5 Å². The van der Waals surface area contributed by atoms with Gasteiger partial charge in [-0.3, -0.25) is 4.79 Å². The van der Waals surface area contributed by atoms with E-state index in [1.807, 2.05) is 23.1 Å². The molecule has 0 aliphatic carbocycles. The monoisotopic (exact) mass is 348 g/mol. The van der Waals surface area contributed by atoms with Crippen LogP contribution in [-0.4, -0.2) is 28.5 Å². The number of amides is 1. The van der Waals surface area contributed by atoms with Crippen molar-refractivity contribution in [1.82, 2.24) is 9.47 Å². The number of piperidine rings is 1. The summed E-state index contributed by atoms with van der Waals surface area (Å²) >= 11 is 3.61. The van der Waals surface area contributed by atoms with Crippen molar-refractivity contribution in [1.29, 1.82) is 0 Å². The van der Waals surface area contributed by atoms with Gasteiger partial charge in [-0.25, -0.2) is 0 Å². The number of hydrogen-bond donors (Lipinski definition) is 0. The molecule has 1 fully saturated rings. The molecule has 1 aromatic carbocycles. The molecular weight excluding hydrogens is 328 g/mol. The minimum Gasteiger partial charge on any atom is -0.337 e. The van der Waals surface area contributed by atoms with Crippen LogP contribution in [0.5, 0.6) is 0 Å². The summed E-state index contributed by atoms with van der Waals surface area (Å²) < 4.78 is 3.17. The Morgan fingerprint density at radius 3 is 2.71 bits per heavy atom. The van der Waals surface area contributed by atoms with E-state index in [0.29, 0.717) is 0 Å². The van der Waals surface area contributed by atoms with Gasteiger partial charge in [0.15, 0.2) is 0 Å².